The van der Waals surface area contributed by atoms with E-state index in [1.165, 1.54) is 5.56 Å². The van der Waals surface area contributed by atoms with E-state index in [2.05, 4.69) is 63.3 Å². The van der Waals surface area contributed by atoms with Gasteiger partial charge >= 0.3 is 0 Å². The quantitative estimate of drug-likeness (QED) is 0.522. The highest BCUT2D eigenvalue weighted by Gasteiger charge is 2.23. The van der Waals surface area contributed by atoms with Gasteiger partial charge in [-0.2, -0.15) is 4.52 Å². The number of hydrogen-bond acceptors (Lipinski definition) is 5. The fourth-order valence-corrected chi connectivity index (χ4v) is 4.27. The molecule has 0 amide bonds. The van der Waals surface area contributed by atoms with Gasteiger partial charge in [0.15, 0.2) is 11.5 Å². The van der Waals surface area contributed by atoms with Crippen LogP contribution >= 0.6 is 0 Å². The van der Waals surface area contributed by atoms with Crippen molar-refractivity contribution in [2.75, 3.05) is 24.5 Å². The van der Waals surface area contributed by atoms with Crippen LogP contribution in [0.2, 0.25) is 0 Å². The predicted octanol–water partition coefficient (Wildman–Crippen LogP) is 3.89. The smallest absolute Gasteiger partial charge is 0.185 e. The summed E-state index contributed by atoms with van der Waals surface area (Å²) in [7, 11) is 0. The molecule has 0 N–H and O–H groups in total. The van der Waals surface area contributed by atoms with Crippen molar-refractivity contribution < 1.29 is 0 Å². The molecule has 0 radical (unpaired) electrons. The maximum atomic E-state index is 4.94. The molecule has 4 aromatic rings. The molecule has 2 aromatic heterocycles. The summed E-state index contributed by atoms with van der Waals surface area (Å²) in [6, 6.07) is 25.3. The first-order valence-electron chi connectivity index (χ1n) is 10.6. The number of hydrogen-bond donors (Lipinski definition) is 0. The van der Waals surface area contributed by atoms with Crippen molar-refractivity contribution in [2.45, 2.75) is 25.9 Å². The molecule has 0 aliphatic carbocycles. The first kappa shape index (κ1) is 18.8. The number of benzene rings is 2. The van der Waals surface area contributed by atoms with E-state index >= 15 is 0 Å². The van der Waals surface area contributed by atoms with Gasteiger partial charge in [-0.05, 0) is 31.0 Å². The molecule has 0 spiro atoms. The van der Waals surface area contributed by atoms with E-state index in [4.69, 9.17) is 5.10 Å². The summed E-state index contributed by atoms with van der Waals surface area (Å²) in [5, 5.41) is 13.6. The molecule has 1 unspecified atom stereocenters. The molecule has 152 valence electrons. The second-order valence-electron chi connectivity index (χ2n) is 7.97. The minimum atomic E-state index is 0.373. The maximum Gasteiger partial charge on any atom is 0.185 e. The van der Waals surface area contributed by atoms with Crippen molar-refractivity contribution in [2.24, 2.45) is 0 Å². The molecule has 1 fully saturated rings. The highest BCUT2D eigenvalue weighted by Crippen LogP contribution is 2.22. The molecule has 1 aliphatic rings. The van der Waals surface area contributed by atoms with E-state index in [9.17, 15) is 0 Å². The molecule has 0 saturated carbocycles. The fourth-order valence-electron chi connectivity index (χ4n) is 4.27. The van der Waals surface area contributed by atoms with Gasteiger partial charge in [0.05, 0.1) is 0 Å². The van der Waals surface area contributed by atoms with E-state index in [0.29, 0.717) is 6.04 Å². The van der Waals surface area contributed by atoms with Crippen LogP contribution in [0.25, 0.3) is 17.0 Å². The summed E-state index contributed by atoms with van der Waals surface area (Å²) in [4.78, 5) is 4.96. The van der Waals surface area contributed by atoms with E-state index in [-0.39, 0.29) is 0 Å². The second-order valence-corrected chi connectivity index (χ2v) is 7.97. The fraction of sp³-hybridized carbons (Fsp3) is 0.292. The zero-order valence-electron chi connectivity index (χ0n) is 17.2. The van der Waals surface area contributed by atoms with E-state index in [0.717, 1.165) is 55.5 Å². The molecule has 1 saturated heterocycles. The van der Waals surface area contributed by atoms with Crippen LogP contribution in [-0.2, 0) is 6.54 Å². The van der Waals surface area contributed by atoms with Gasteiger partial charge in [0, 0.05) is 37.8 Å². The molecular weight excluding hydrogens is 372 g/mol. The Morgan fingerprint density at radius 3 is 2.43 bits per heavy atom. The number of rotatable bonds is 4. The predicted molar refractivity (Wildman–Crippen MR) is 119 cm³/mol. The topological polar surface area (TPSA) is 49.6 Å². The van der Waals surface area contributed by atoms with Crippen molar-refractivity contribution in [3.63, 3.8) is 0 Å². The lowest BCUT2D eigenvalue weighted by Crippen LogP contribution is -2.39. The molecule has 5 rings (SSSR count). The second kappa shape index (κ2) is 8.24. The first-order valence-corrected chi connectivity index (χ1v) is 10.6. The molecule has 30 heavy (non-hydrogen) atoms. The molecule has 6 heteroatoms. The van der Waals surface area contributed by atoms with Crippen LogP contribution in [0.4, 0.5) is 5.82 Å². The maximum absolute atomic E-state index is 4.94. The Labute approximate surface area is 176 Å². The summed E-state index contributed by atoms with van der Waals surface area (Å²) in [5.74, 6) is 1.76. The summed E-state index contributed by atoms with van der Waals surface area (Å²) in [5.41, 5.74) is 3.16. The Hall–Kier alpha value is -3.25. The average molecular weight is 399 g/mol. The summed E-state index contributed by atoms with van der Waals surface area (Å²) in [6.07, 6.45) is 1.12. The van der Waals surface area contributed by atoms with Crippen LogP contribution in [0, 0.1) is 0 Å². The Bertz CT molecular complexity index is 1110. The van der Waals surface area contributed by atoms with Crippen LogP contribution in [0.1, 0.15) is 18.9 Å². The lowest BCUT2D eigenvalue weighted by Gasteiger charge is -2.30. The van der Waals surface area contributed by atoms with Gasteiger partial charge in [0.25, 0.3) is 0 Å². The van der Waals surface area contributed by atoms with E-state index in [1.54, 1.807) is 0 Å². The van der Waals surface area contributed by atoms with Crippen molar-refractivity contribution in [1.29, 1.82) is 0 Å². The lowest BCUT2D eigenvalue weighted by molar-refractivity contribution is 0.268. The monoisotopic (exact) mass is 398 g/mol. The molecule has 6 nitrogen and oxygen atoms in total. The van der Waals surface area contributed by atoms with Crippen LogP contribution in [0.5, 0.6) is 0 Å². The highest BCUT2D eigenvalue weighted by molar-refractivity contribution is 5.59. The van der Waals surface area contributed by atoms with Gasteiger partial charge in [0.2, 0.25) is 0 Å². The molecule has 1 aliphatic heterocycles. The molecule has 0 bridgehead atoms. The average Bonchev–Trinajstić information content (AvgIpc) is 3.12. The van der Waals surface area contributed by atoms with Gasteiger partial charge in [-0.25, -0.2) is 0 Å². The van der Waals surface area contributed by atoms with Gasteiger partial charge < -0.3 is 4.90 Å². The SMILES string of the molecule is CC1CN(Cc2ccccc2)CCCN1c1ccc2nnc(-c3ccccc3)n2n1. The Morgan fingerprint density at radius 2 is 1.63 bits per heavy atom. The van der Waals surface area contributed by atoms with Crippen molar-refractivity contribution >= 4 is 11.5 Å². The number of fused-ring (bicyclic) bond motifs is 1. The van der Waals surface area contributed by atoms with Gasteiger partial charge in [-0.15, -0.1) is 15.3 Å². The minimum absolute atomic E-state index is 0.373. The van der Waals surface area contributed by atoms with Crippen LogP contribution in [0.3, 0.4) is 0 Å². The normalized spacial score (nSPS) is 17.9. The Kier molecular flexibility index (Phi) is 5.15. The standard InChI is InChI=1S/C24H26N6/c1-19-17-28(18-20-9-4-2-5-10-20)15-8-16-29(19)23-14-13-22-25-26-24(30(22)27-23)21-11-6-3-7-12-21/h2-7,9-14,19H,8,15-18H2,1H3. The third-order valence-corrected chi connectivity index (χ3v) is 5.75. The summed E-state index contributed by atoms with van der Waals surface area (Å²) >= 11 is 0. The number of nitrogens with zero attached hydrogens (tertiary/aromatic N) is 6. The summed E-state index contributed by atoms with van der Waals surface area (Å²) < 4.78 is 1.87. The lowest BCUT2D eigenvalue weighted by atomic mass is 10.2. The molecule has 1 atom stereocenters. The number of anilines is 1. The molecule has 3 heterocycles. The van der Waals surface area contributed by atoms with Crippen molar-refractivity contribution in [3.8, 4) is 11.4 Å². The first-order chi connectivity index (χ1) is 14.8. The Morgan fingerprint density at radius 1 is 0.867 bits per heavy atom. The minimum Gasteiger partial charge on any atom is -0.351 e. The van der Waals surface area contributed by atoms with Crippen molar-refractivity contribution in [3.05, 3.63) is 78.4 Å². The zero-order chi connectivity index (χ0) is 20.3. The van der Waals surface area contributed by atoms with Gasteiger partial charge in [-0.3, -0.25) is 4.90 Å². The van der Waals surface area contributed by atoms with Gasteiger partial charge in [0.1, 0.15) is 5.82 Å². The van der Waals surface area contributed by atoms with E-state index < -0.39 is 0 Å². The Balaban J connectivity index is 1.39. The largest absolute Gasteiger partial charge is 0.351 e. The van der Waals surface area contributed by atoms with Gasteiger partial charge in [-0.1, -0.05) is 60.7 Å². The van der Waals surface area contributed by atoms with Crippen LogP contribution in [-0.4, -0.2) is 50.4 Å². The van der Waals surface area contributed by atoms with Crippen LogP contribution in [0.15, 0.2) is 72.8 Å². The molecular formula is C24H26N6. The zero-order valence-corrected chi connectivity index (χ0v) is 17.2. The third kappa shape index (κ3) is 3.78. The number of aromatic nitrogens is 4. The van der Waals surface area contributed by atoms with Crippen LogP contribution < -0.4 is 4.90 Å². The third-order valence-electron chi connectivity index (χ3n) is 5.75. The summed E-state index contributed by atoms with van der Waals surface area (Å²) in [6.45, 7) is 6.39. The van der Waals surface area contributed by atoms with E-state index in [1.807, 2.05) is 40.9 Å². The highest BCUT2D eigenvalue weighted by atomic mass is 15.4. The molecule has 2 aromatic carbocycles. The van der Waals surface area contributed by atoms with Crippen molar-refractivity contribution in [1.82, 2.24) is 24.7 Å².